The quantitative estimate of drug-likeness (QED) is 0.0289. The van der Waals surface area contributed by atoms with Gasteiger partial charge in [-0.3, -0.25) is 9.59 Å². The van der Waals surface area contributed by atoms with Crippen molar-refractivity contribution in [1.29, 1.82) is 0 Å². The maximum Gasteiger partial charge on any atom is 0.306 e. The maximum atomic E-state index is 12.0. The van der Waals surface area contributed by atoms with Gasteiger partial charge in [0.1, 0.15) is 19.3 Å². The van der Waals surface area contributed by atoms with Gasteiger partial charge in [-0.2, -0.15) is 0 Å². The lowest BCUT2D eigenvalue weighted by molar-refractivity contribution is -0.152. The first-order chi connectivity index (χ1) is 25.3. The number of esters is 2. The summed E-state index contributed by atoms with van der Waals surface area (Å²) in [6.07, 6.45) is 48.5. The van der Waals surface area contributed by atoms with E-state index in [4.69, 9.17) is 9.47 Å². The summed E-state index contributed by atoms with van der Waals surface area (Å²) in [7, 11) is 0. The molecule has 0 aliphatic heterocycles. The van der Waals surface area contributed by atoms with E-state index in [1.54, 1.807) is 6.08 Å². The SMILES string of the molecule is CC/C=C\C/C=C\C/C=C\C/C=C\C=C/C(O)C/C=C\CCC(=O)OC[C@H](O)COC(=O)CCCCCCCCCCCCCCCCCC(C)C. The molecule has 0 aromatic heterocycles. The van der Waals surface area contributed by atoms with Crippen LogP contribution in [0.4, 0.5) is 0 Å². The van der Waals surface area contributed by atoms with E-state index in [9.17, 15) is 19.8 Å². The molecule has 0 saturated heterocycles. The van der Waals surface area contributed by atoms with E-state index in [1.165, 1.54) is 83.5 Å². The van der Waals surface area contributed by atoms with Crippen LogP contribution in [-0.4, -0.2) is 47.6 Å². The van der Waals surface area contributed by atoms with Crippen molar-refractivity contribution in [2.45, 2.75) is 187 Å². The molecule has 0 fully saturated rings. The molecule has 0 bridgehead atoms. The fourth-order valence-corrected chi connectivity index (χ4v) is 5.56. The third-order valence-corrected chi connectivity index (χ3v) is 8.73. The fourth-order valence-electron chi connectivity index (χ4n) is 5.56. The van der Waals surface area contributed by atoms with E-state index in [0.717, 1.165) is 50.9 Å². The molecular weight excluding hydrogens is 648 g/mol. The van der Waals surface area contributed by atoms with Crippen LogP contribution in [0.25, 0.3) is 0 Å². The van der Waals surface area contributed by atoms with E-state index in [1.807, 2.05) is 30.4 Å². The molecule has 0 aromatic carbocycles. The minimum atomic E-state index is -1.03. The number of aliphatic hydroxyl groups is 2. The first-order valence-electron chi connectivity index (χ1n) is 21.0. The summed E-state index contributed by atoms with van der Waals surface area (Å²) < 4.78 is 10.3. The Bertz CT molecular complexity index is 989. The van der Waals surface area contributed by atoms with Crippen molar-refractivity contribution in [3.05, 3.63) is 72.9 Å². The van der Waals surface area contributed by atoms with Gasteiger partial charge in [0, 0.05) is 12.8 Å². The zero-order valence-electron chi connectivity index (χ0n) is 33.6. The molecule has 0 rings (SSSR count). The smallest absolute Gasteiger partial charge is 0.306 e. The number of carbonyl (C=O) groups is 2. The van der Waals surface area contributed by atoms with Crippen LogP contribution in [-0.2, 0) is 19.1 Å². The van der Waals surface area contributed by atoms with Gasteiger partial charge in [0.05, 0.1) is 6.10 Å². The standard InChI is InChI=1S/C46H78O6/c1-4-5-6-7-8-9-10-14-18-21-24-27-31-36-43(47)37-32-29-34-39-46(50)52-41-44(48)40-51-45(49)38-33-28-25-22-19-16-13-11-12-15-17-20-23-26-30-35-42(2)3/h5-6,8-9,14,18,24,27,29,31-32,36,42-44,47-48H,4,7,10-13,15-17,19-23,25-26,28,30,33-35,37-41H2,1-3H3/b6-5-,9-8-,18-14-,27-24-,32-29-,36-31-/t43?,44-/m1/s1. The molecule has 0 aliphatic carbocycles. The molecule has 0 spiro atoms. The number of ether oxygens (including phenoxy) is 2. The molecule has 2 N–H and O–H groups in total. The predicted molar refractivity (Wildman–Crippen MR) is 220 cm³/mol. The van der Waals surface area contributed by atoms with Crippen LogP contribution < -0.4 is 0 Å². The molecule has 0 heterocycles. The number of carbonyl (C=O) groups excluding carboxylic acids is 2. The Morgan fingerprint density at radius 1 is 0.538 bits per heavy atom. The molecule has 0 amide bonds. The van der Waals surface area contributed by atoms with Crippen molar-refractivity contribution in [3.63, 3.8) is 0 Å². The van der Waals surface area contributed by atoms with Gasteiger partial charge < -0.3 is 19.7 Å². The second-order valence-corrected chi connectivity index (χ2v) is 14.4. The first kappa shape index (κ1) is 49.3. The van der Waals surface area contributed by atoms with E-state index in [0.29, 0.717) is 19.3 Å². The van der Waals surface area contributed by atoms with E-state index >= 15 is 0 Å². The van der Waals surface area contributed by atoms with Crippen molar-refractivity contribution in [2.75, 3.05) is 13.2 Å². The number of hydrogen-bond acceptors (Lipinski definition) is 6. The van der Waals surface area contributed by atoms with Crippen LogP contribution in [0.2, 0.25) is 0 Å². The average molecular weight is 727 g/mol. The second-order valence-electron chi connectivity index (χ2n) is 14.4. The molecular formula is C46H78O6. The molecule has 0 aromatic rings. The highest BCUT2D eigenvalue weighted by Gasteiger charge is 2.12. The van der Waals surface area contributed by atoms with E-state index in [-0.39, 0.29) is 25.6 Å². The highest BCUT2D eigenvalue weighted by atomic mass is 16.6. The minimum absolute atomic E-state index is 0.170. The second kappa shape index (κ2) is 39.5. The lowest BCUT2D eigenvalue weighted by Crippen LogP contribution is -2.25. The minimum Gasteiger partial charge on any atom is -0.463 e. The summed E-state index contributed by atoms with van der Waals surface area (Å²) in [5.41, 5.74) is 0. The van der Waals surface area contributed by atoms with Crippen molar-refractivity contribution in [1.82, 2.24) is 0 Å². The molecule has 52 heavy (non-hydrogen) atoms. The van der Waals surface area contributed by atoms with Crippen molar-refractivity contribution in [2.24, 2.45) is 5.92 Å². The van der Waals surface area contributed by atoms with Crippen LogP contribution in [0.1, 0.15) is 175 Å². The molecule has 0 radical (unpaired) electrons. The highest BCUT2D eigenvalue weighted by molar-refractivity contribution is 5.70. The lowest BCUT2D eigenvalue weighted by atomic mass is 10.0. The highest BCUT2D eigenvalue weighted by Crippen LogP contribution is 2.15. The molecule has 1 unspecified atom stereocenters. The average Bonchev–Trinajstić information content (AvgIpc) is 3.12. The topological polar surface area (TPSA) is 93.1 Å². The Hall–Kier alpha value is -2.70. The predicted octanol–water partition coefficient (Wildman–Crippen LogP) is 12.2. The zero-order chi connectivity index (χ0) is 38.2. The zero-order valence-corrected chi connectivity index (χ0v) is 33.6. The van der Waals surface area contributed by atoms with Crippen LogP contribution in [0.3, 0.4) is 0 Å². The number of aliphatic hydroxyl groups excluding tert-OH is 2. The lowest BCUT2D eigenvalue weighted by Gasteiger charge is -2.12. The summed E-state index contributed by atoms with van der Waals surface area (Å²) in [4.78, 5) is 24.0. The Kier molecular flexibility index (Phi) is 37.5. The summed E-state index contributed by atoms with van der Waals surface area (Å²) in [6, 6.07) is 0. The largest absolute Gasteiger partial charge is 0.463 e. The van der Waals surface area contributed by atoms with Gasteiger partial charge >= 0.3 is 11.9 Å². The Morgan fingerprint density at radius 2 is 1.00 bits per heavy atom. The number of unbranched alkanes of at least 4 members (excludes halogenated alkanes) is 14. The van der Waals surface area contributed by atoms with Gasteiger partial charge in [-0.1, -0.05) is 190 Å². The fraction of sp³-hybridized carbons (Fsp3) is 0.696. The monoisotopic (exact) mass is 727 g/mol. The molecule has 298 valence electrons. The number of hydrogen-bond donors (Lipinski definition) is 2. The normalized spacial score (nSPS) is 13.7. The third kappa shape index (κ3) is 40.1. The van der Waals surface area contributed by atoms with Gasteiger partial charge in [0.25, 0.3) is 0 Å². The first-order valence-corrected chi connectivity index (χ1v) is 21.0. The summed E-state index contributed by atoms with van der Waals surface area (Å²) >= 11 is 0. The van der Waals surface area contributed by atoms with Gasteiger partial charge in [-0.15, -0.1) is 0 Å². The molecule has 0 saturated carbocycles. The Labute approximate surface area is 319 Å². The van der Waals surface area contributed by atoms with Crippen LogP contribution in [0.15, 0.2) is 72.9 Å². The van der Waals surface area contributed by atoms with Crippen LogP contribution >= 0.6 is 0 Å². The van der Waals surface area contributed by atoms with Crippen LogP contribution in [0.5, 0.6) is 0 Å². The van der Waals surface area contributed by atoms with E-state index in [2.05, 4.69) is 57.2 Å². The van der Waals surface area contributed by atoms with E-state index < -0.39 is 18.2 Å². The van der Waals surface area contributed by atoms with Crippen molar-refractivity contribution < 1.29 is 29.3 Å². The summed E-state index contributed by atoms with van der Waals surface area (Å²) in [5, 5.41) is 20.1. The van der Waals surface area contributed by atoms with Gasteiger partial charge in [-0.25, -0.2) is 0 Å². The third-order valence-electron chi connectivity index (χ3n) is 8.73. The van der Waals surface area contributed by atoms with Gasteiger partial charge in [0.2, 0.25) is 0 Å². The van der Waals surface area contributed by atoms with Crippen molar-refractivity contribution in [3.8, 4) is 0 Å². The van der Waals surface area contributed by atoms with Crippen molar-refractivity contribution >= 4 is 11.9 Å². The summed E-state index contributed by atoms with van der Waals surface area (Å²) in [5.74, 6) is 0.105. The van der Waals surface area contributed by atoms with Crippen LogP contribution in [0, 0.1) is 5.92 Å². The van der Waals surface area contributed by atoms with Gasteiger partial charge in [0.15, 0.2) is 0 Å². The number of allylic oxidation sites excluding steroid dienone is 10. The molecule has 6 heteroatoms. The molecule has 0 aliphatic rings. The van der Waals surface area contributed by atoms with Gasteiger partial charge in [-0.05, 0) is 50.9 Å². The Balaban J connectivity index is 3.64. The maximum absolute atomic E-state index is 12.0. The Morgan fingerprint density at radius 3 is 1.52 bits per heavy atom. The molecule has 6 nitrogen and oxygen atoms in total. The molecule has 2 atom stereocenters. The number of rotatable bonds is 36. The summed E-state index contributed by atoms with van der Waals surface area (Å²) in [6.45, 7) is 6.39.